The number of hydrogen-bond acceptors (Lipinski definition) is 2. The first-order valence-electron chi connectivity index (χ1n) is 4.52. The molecule has 0 aliphatic rings. The Morgan fingerprint density at radius 2 is 1.94 bits per heavy atom. The fourth-order valence-corrected chi connectivity index (χ4v) is 1.31. The van der Waals surface area contributed by atoms with Crippen LogP contribution < -0.4 is 5.73 Å². The van der Waals surface area contributed by atoms with Gasteiger partial charge in [-0.3, -0.25) is 0 Å². The Morgan fingerprint density at radius 3 is 2.38 bits per heavy atom. The zero-order chi connectivity index (χ0) is 11.6. The molecule has 92 valence electrons. The highest BCUT2D eigenvalue weighted by Crippen LogP contribution is 2.39. The van der Waals surface area contributed by atoms with Gasteiger partial charge in [-0.25, -0.2) is 0 Å². The van der Waals surface area contributed by atoms with Crippen molar-refractivity contribution in [3.63, 3.8) is 0 Å². The molecule has 0 amide bonds. The molecule has 1 aromatic rings. The zero-order valence-electron chi connectivity index (χ0n) is 8.58. The standard InChI is InChI=1S/C10H12F3NO.ClH/c1-2-8(14)6-4-3-5-7(9(6)15)10(11,12)13;/h3-5,8,15H,2,14H2,1H3;1H/t8-;/m1./s1. The molecule has 0 radical (unpaired) electrons. The molecule has 0 aromatic heterocycles. The molecule has 0 saturated carbocycles. The van der Waals surface area contributed by atoms with Gasteiger partial charge in [0.1, 0.15) is 5.75 Å². The number of benzene rings is 1. The van der Waals surface area contributed by atoms with E-state index in [4.69, 9.17) is 5.73 Å². The summed E-state index contributed by atoms with van der Waals surface area (Å²) in [4.78, 5) is 0. The minimum atomic E-state index is -4.55. The summed E-state index contributed by atoms with van der Waals surface area (Å²) in [6.07, 6.45) is -4.08. The molecule has 0 aliphatic heterocycles. The van der Waals surface area contributed by atoms with Crippen LogP contribution in [0.5, 0.6) is 5.75 Å². The third-order valence-electron chi connectivity index (χ3n) is 2.21. The summed E-state index contributed by atoms with van der Waals surface area (Å²) in [6.45, 7) is 1.74. The second-order valence-corrected chi connectivity index (χ2v) is 3.26. The number of phenols is 1. The Morgan fingerprint density at radius 1 is 1.38 bits per heavy atom. The van der Waals surface area contributed by atoms with Crippen molar-refractivity contribution in [2.75, 3.05) is 0 Å². The van der Waals surface area contributed by atoms with E-state index in [0.29, 0.717) is 6.42 Å². The van der Waals surface area contributed by atoms with Crippen LogP contribution in [0.15, 0.2) is 18.2 Å². The van der Waals surface area contributed by atoms with E-state index < -0.39 is 23.5 Å². The van der Waals surface area contributed by atoms with Crippen molar-refractivity contribution in [1.82, 2.24) is 0 Å². The third-order valence-corrected chi connectivity index (χ3v) is 2.21. The minimum absolute atomic E-state index is 0. The van der Waals surface area contributed by atoms with Crippen LogP contribution in [-0.2, 0) is 6.18 Å². The highest BCUT2D eigenvalue weighted by Gasteiger charge is 2.34. The molecule has 2 nitrogen and oxygen atoms in total. The lowest BCUT2D eigenvalue weighted by Gasteiger charge is -2.15. The second-order valence-electron chi connectivity index (χ2n) is 3.26. The van der Waals surface area contributed by atoms with Crippen molar-refractivity contribution in [3.05, 3.63) is 29.3 Å². The molecule has 1 aromatic carbocycles. The first-order valence-corrected chi connectivity index (χ1v) is 4.52. The van der Waals surface area contributed by atoms with Crippen LogP contribution in [0.3, 0.4) is 0 Å². The molecule has 0 saturated heterocycles. The number of aromatic hydroxyl groups is 1. The number of halogens is 4. The van der Waals surface area contributed by atoms with Gasteiger partial charge in [-0.05, 0) is 12.5 Å². The Hall–Kier alpha value is -0.940. The average Bonchev–Trinajstić information content (AvgIpc) is 2.15. The van der Waals surface area contributed by atoms with Crippen molar-refractivity contribution in [2.24, 2.45) is 5.73 Å². The molecule has 0 heterocycles. The number of nitrogens with two attached hydrogens (primary N) is 1. The molecular formula is C10H13ClF3NO. The Bertz CT molecular complexity index is 354. The summed E-state index contributed by atoms with van der Waals surface area (Å²) in [5.41, 5.74) is 4.67. The summed E-state index contributed by atoms with van der Waals surface area (Å²) >= 11 is 0. The zero-order valence-corrected chi connectivity index (χ0v) is 9.40. The van der Waals surface area contributed by atoms with E-state index in [2.05, 4.69) is 0 Å². The van der Waals surface area contributed by atoms with Crippen LogP contribution in [-0.4, -0.2) is 5.11 Å². The summed E-state index contributed by atoms with van der Waals surface area (Å²) < 4.78 is 37.2. The average molecular weight is 256 g/mol. The van der Waals surface area contributed by atoms with Crippen molar-refractivity contribution in [2.45, 2.75) is 25.6 Å². The van der Waals surface area contributed by atoms with Gasteiger partial charge in [0.2, 0.25) is 0 Å². The quantitative estimate of drug-likeness (QED) is 0.852. The van der Waals surface area contributed by atoms with Gasteiger partial charge >= 0.3 is 6.18 Å². The summed E-state index contributed by atoms with van der Waals surface area (Å²) in [5, 5.41) is 9.43. The number of alkyl halides is 3. The SMILES string of the molecule is CC[C@@H](N)c1cccc(C(F)(F)F)c1O.Cl. The maximum absolute atomic E-state index is 12.4. The Labute approximate surface area is 97.7 Å². The molecular weight excluding hydrogens is 243 g/mol. The van der Waals surface area contributed by atoms with Crippen molar-refractivity contribution in [1.29, 1.82) is 0 Å². The fourth-order valence-electron chi connectivity index (χ4n) is 1.31. The third kappa shape index (κ3) is 3.02. The first-order chi connectivity index (χ1) is 6.88. The predicted molar refractivity (Wildman–Crippen MR) is 57.6 cm³/mol. The van der Waals surface area contributed by atoms with E-state index in [1.54, 1.807) is 6.92 Å². The van der Waals surface area contributed by atoms with Gasteiger partial charge in [-0.2, -0.15) is 13.2 Å². The molecule has 0 spiro atoms. The fraction of sp³-hybridized carbons (Fsp3) is 0.400. The minimum Gasteiger partial charge on any atom is -0.507 e. The molecule has 0 bridgehead atoms. The number of rotatable bonds is 2. The summed E-state index contributed by atoms with van der Waals surface area (Å²) in [7, 11) is 0. The van der Waals surface area contributed by atoms with Gasteiger partial charge in [0.25, 0.3) is 0 Å². The van der Waals surface area contributed by atoms with E-state index in [0.717, 1.165) is 6.07 Å². The smallest absolute Gasteiger partial charge is 0.419 e. The van der Waals surface area contributed by atoms with E-state index in [1.807, 2.05) is 0 Å². The van der Waals surface area contributed by atoms with Crippen LogP contribution in [0.1, 0.15) is 30.5 Å². The van der Waals surface area contributed by atoms with Crippen LogP contribution in [0.2, 0.25) is 0 Å². The van der Waals surface area contributed by atoms with E-state index in [1.165, 1.54) is 12.1 Å². The van der Waals surface area contributed by atoms with Crippen LogP contribution in [0, 0.1) is 0 Å². The van der Waals surface area contributed by atoms with Gasteiger partial charge < -0.3 is 10.8 Å². The van der Waals surface area contributed by atoms with Crippen LogP contribution >= 0.6 is 12.4 Å². The lowest BCUT2D eigenvalue weighted by Crippen LogP contribution is -2.12. The molecule has 3 N–H and O–H groups in total. The lowest BCUT2D eigenvalue weighted by molar-refractivity contribution is -0.138. The molecule has 0 aliphatic carbocycles. The number of hydrogen-bond donors (Lipinski definition) is 2. The molecule has 6 heteroatoms. The largest absolute Gasteiger partial charge is 0.507 e. The maximum atomic E-state index is 12.4. The predicted octanol–water partition coefficient (Wildman–Crippen LogP) is 3.24. The first kappa shape index (κ1) is 15.1. The molecule has 1 rings (SSSR count). The summed E-state index contributed by atoms with van der Waals surface area (Å²) in [6, 6.07) is 2.90. The second kappa shape index (κ2) is 5.41. The highest BCUT2D eigenvalue weighted by atomic mass is 35.5. The van der Waals surface area contributed by atoms with Crippen LogP contribution in [0.4, 0.5) is 13.2 Å². The Balaban J connectivity index is 0.00000225. The van der Waals surface area contributed by atoms with Crippen LogP contribution in [0.25, 0.3) is 0 Å². The lowest BCUT2D eigenvalue weighted by atomic mass is 10.0. The van der Waals surface area contributed by atoms with E-state index in [-0.39, 0.29) is 18.0 Å². The Kier molecular flexibility index (Phi) is 5.09. The monoisotopic (exact) mass is 255 g/mol. The molecule has 1 atom stereocenters. The number of para-hydroxylation sites is 1. The van der Waals surface area contributed by atoms with Gasteiger partial charge in [-0.1, -0.05) is 19.1 Å². The van der Waals surface area contributed by atoms with Gasteiger partial charge in [0.15, 0.2) is 0 Å². The topological polar surface area (TPSA) is 46.2 Å². The van der Waals surface area contributed by atoms with Gasteiger partial charge in [-0.15, -0.1) is 12.4 Å². The molecule has 16 heavy (non-hydrogen) atoms. The highest BCUT2D eigenvalue weighted by molar-refractivity contribution is 5.85. The van der Waals surface area contributed by atoms with Crippen molar-refractivity contribution in [3.8, 4) is 5.75 Å². The number of phenolic OH excluding ortho intramolecular Hbond substituents is 1. The van der Waals surface area contributed by atoms with Crippen molar-refractivity contribution >= 4 is 12.4 Å². The van der Waals surface area contributed by atoms with E-state index >= 15 is 0 Å². The van der Waals surface area contributed by atoms with Gasteiger partial charge in [0, 0.05) is 11.6 Å². The van der Waals surface area contributed by atoms with Crippen molar-refractivity contribution < 1.29 is 18.3 Å². The maximum Gasteiger partial charge on any atom is 0.419 e. The summed E-state index contributed by atoms with van der Waals surface area (Å²) in [5.74, 6) is -0.764. The molecule has 0 unspecified atom stereocenters. The molecule has 0 fully saturated rings. The normalized spacial score (nSPS) is 13.1. The van der Waals surface area contributed by atoms with E-state index in [9.17, 15) is 18.3 Å². The van der Waals surface area contributed by atoms with Gasteiger partial charge in [0.05, 0.1) is 5.56 Å².